The Morgan fingerprint density at radius 2 is 1.76 bits per heavy atom. The minimum Gasteiger partial charge on any atom is -0.493 e. The number of ether oxygens (including phenoxy) is 4. The van der Waals surface area contributed by atoms with Gasteiger partial charge in [-0.1, -0.05) is 12.1 Å². The van der Waals surface area contributed by atoms with Crippen LogP contribution in [0.1, 0.15) is 11.1 Å². The molecule has 0 unspecified atom stereocenters. The van der Waals surface area contributed by atoms with Crippen molar-refractivity contribution in [1.82, 2.24) is 0 Å². The second-order valence-electron chi connectivity index (χ2n) is 5.53. The number of benzene rings is 2. The third kappa shape index (κ3) is 5.03. The molecule has 3 rings (SSSR count). The third-order valence-electron chi connectivity index (χ3n) is 3.63. The fourth-order valence-corrected chi connectivity index (χ4v) is 2.47. The first-order chi connectivity index (χ1) is 13.9. The molecule has 2 aromatic rings. The molecule has 0 saturated carbocycles. The Hall–Kier alpha value is -3.56. The van der Waals surface area contributed by atoms with E-state index in [0.717, 1.165) is 0 Å². The van der Waals surface area contributed by atoms with Crippen LogP contribution in [0, 0.1) is 0 Å². The summed E-state index contributed by atoms with van der Waals surface area (Å²) in [5, 5.41) is 0. The number of esters is 1. The zero-order chi connectivity index (χ0) is 21.0. The average Bonchev–Trinajstić information content (AvgIpc) is 3.02. The van der Waals surface area contributed by atoms with Gasteiger partial charge in [0.05, 0.1) is 7.11 Å². The number of halogens is 4. The summed E-state index contributed by atoms with van der Waals surface area (Å²) in [7, 11) is 1.29. The molecule has 0 radical (unpaired) electrons. The molecule has 0 aromatic heterocycles. The molecule has 2 aromatic carbocycles. The quantitative estimate of drug-likeness (QED) is 0.387. The molecule has 10 heteroatoms. The molecule has 0 bridgehead atoms. The van der Waals surface area contributed by atoms with Gasteiger partial charge in [-0.05, 0) is 42.0 Å². The van der Waals surface area contributed by atoms with Crippen molar-refractivity contribution in [1.29, 1.82) is 0 Å². The molecule has 0 aliphatic carbocycles. The monoisotopic (exact) mass is 411 g/mol. The average molecular weight is 411 g/mol. The van der Waals surface area contributed by atoms with Crippen molar-refractivity contribution in [2.75, 3.05) is 7.11 Å². The van der Waals surface area contributed by atoms with Crippen LogP contribution in [0.2, 0.25) is 0 Å². The minimum absolute atomic E-state index is 0.0847. The number of methoxy groups -OCH3 is 1. The number of nitrogens with zero attached hydrogens (tertiary/aromatic N) is 1. The van der Waals surface area contributed by atoms with Crippen LogP contribution >= 0.6 is 0 Å². The molecular weight excluding hydrogens is 398 g/mol. The maximum atomic E-state index is 12.5. The van der Waals surface area contributed by atoms with Crippen LogP contribution < -0.4 is 14.2 Å². The lowest BCUT2D eigenvalue weighted by atomic mass is 10.1. The zero-order valence-corrected chi connectivity index (χ0v) is 14.8. The number of hydrogen-bond donors (Lipinski definition) is 0. The van der Waals surface area contributed by atoms with Gasteiger partial charge >= 0.3 is 19.2 Å². The summed E-state index contributed by atoms with van der Waals surface area (Å²) >= 11 is 0. The van der Waals surface area contributed by atoms with Crippen molar-refractivity contribution >= 4 is 17.9 Å². The van der Waals surface area contributed by atoms with Gasteiger partial charge in [0, 0.05) is 5.56 Å². The van der Waals surface area contributed by atoms with E-state index in [0.29, 0.717) is 5.56 Å². The number of aliphatic imine (C=N–C) groups is 1. The van der Waals surface area contributed by atoms with Crippen molar-refractivity contribution in [3.8, 4) is 17.2 Å². The zero-order valence-electron chi connectivity index (χ0n) is 14.8. The fourth-order valence-electron chi connectivity index (χ4n) is 2.47. The van der Waals surface area contributed by atoms with Crippen molar-refractivity contribution in [3.05, 3.63) is 59.3 Å². The number of carbonyl (C=O) groups excluding carboxylic acids is 1. The molecule has 152 valence electrons. The Balaban J connectivity index is 1.89. The number of hydrogen-bond acceptors (Lipinski definition) is 6. The lowest BCUT2D eigenvalue weighted by Crippen LogP contribution is -2.07. The number of rotatable bonds is 7. The molecule has 0 amide bonds. The van der Waals surface area contributed by atoms with E-state index in [2.05, 4.69) is 14.5 Å². The Bertz CT molecular complexity index is 975. The van der Waals surface area contributed by atoms with Crippen LogP contribution in [-0.2, 0) is 9.53 Å². The molecule has 0 spiro atoms. The first kappa shape index (κ1) is 20.2. The van der Waals surface area contributed by atoms with Gasteiger partial charge in [-0.2, -0.15) is 17.6 Å². The van der Waals surface area contributed by atoms with Crippen molar-refractivity contribution in [2.45, 2.75) is 13.2 Å². The van der Waals surface area contributed by atoms with Crippen LogP contribution in [0.4, 0.5) is 17.6 Å². The van der Waals surface area contributed by atoms with Gasteiger partial charge in [-0.25, -0.2) is 9.79 Å². The molecule has 0 fully saturated rings. The van der Waals surface area contributed by atoms with Gasteiger partial charge in [0.25, 0.3) is 0 Å². The largest absolute Gasteiger partial charge is 0.493 e. The summed E-state index contributed by atoms with van der Waals surface area (Å²) in [4.78, 5) is 16.1. The molecule has 6 nitrogen and oxygen atoms in total. The number of alkyl halides is 4. The van der Waals surface area contributed by atoms with Crippen LogP contribution in [0.25, 0.3) is 6.08 Å². The summed E-state index contributed by atoms with van der Waals surface area (Å²) in [5.74, 6) is -1.17. The molecule has 29 heavy (non-hydrogen) atoms. The fraction of sp³-hybridized carbons (Fsp3) is 0.158. The van der Waals surface area contributed by atoms with E-state index in [9.17, 15) is 22.4 Å². The topological polar surface area (TPSA) is 66.3 Å². The standard InChI is InChI=1S/C19H13F4NO5/c1-26-14-6-5-10(8-15(14)28-19(22)23)7-13-17(25)29-16(24-13)11-3-2-4-12(9-11)27-18(20)21/h2-9,18-19H,1H3/b13-7-. The molecular formula is C19H13F4NO5. The molecule has 0 saturated heterocycles. The molecule has 1 aliphatic heterocycles. The highest BCUT2D eigenvalue weighted by Crippen LogP contribution is 2.31. The molecule has 0 atom stereocenters. The lowest BCUT2D eigenvalue weighted by Gasteiger charge is -2.10. The summed E-state index contributed by atoms with van der Waals surface area (Å²) < 4.78 is 68.5. The maximum absolute atomic E-state index is 12.5. The van der Waals surface area contributed by atoms with Crippen LogP contribution in [0.15, 0.2) is 53.2 Å². The van der Waals surface area contributed by atoms with Gasteiger partial charge in [0.1, 0.15) is 5.75 Å². The maximum Gasteiger partial charge on any atom is 0.387 e. The van der Waals surface area contributed by atoms with Crippen molar-refractivity contribution in [2.24, 2.45) is 4.99 Å². The molecule has 1 aliphatic rings. The van der Waals surface area contributed by atoms with Crippen molar-refractivity contribution in [3.63, 3.8) is 0 Å². The van der Waals surface area contributed by atoms with E-state index in [-0.39, 0.29) is 34.4 Å². The molecule has 0 N–H and O–H groups in total. The Kier molecular flexibility index (Phi) is 6.01. The first-order valence-corrected chi connectivity index (χ1v) is 8.06. The summed E-state index contributed by atoms with van der Waals surface area (Å²) in [5.41, 5.74) is 0.456. The second-order valence-corrected chi connectivity index (χ2v) is 5.53. The number of cyclic esters (lactones) is 1. The highest BCUT2D eigenvalue weighted by Gasteiger charge is 2.25. The van der Waals surface area contributed by atoms with Crippen LogP contribution in [-0.4, -0.2) is 32.2 Å². The normalized spacial score (nSPS) is 14.9. The third-order valence-corrected chi connectivity index (χ3v) is 3.63. The predicted molar refractivity (Wildman–Crippen MR) is 93.3 cm³/mol. The predicted octanol–water partition coefficient (Wildman–Crippen LogP) is 4.24. The second kappa shape index (κ2) is 8.63. The van der Waals surface area contributed by atoms with Gasteiger partial charge in [0.15, 0.2) is 17.2 Å². The highest BCUT2D eigenvalue weighted by molar-refractivity contribution is 6.13. The van der Waals surface area contributed by atoms with E-state index in [1.807, 2.05) is 0 Å². The first-order valence-electron chi connectivity index (χ1n) is 8.06. The Morgan fingerprint density at radius 1 is 1.00 bits per heavy atom. The van der Waals surface area contributed by atoms with E-state index in [1.165, 1.54) is 55.7 Å². The van der Waals surface area contributed by atoms with Crippen molar-refractivity contribution < 1.29 is 41.3 Å². The lowest BCUT2D eigenvalue weighted by molar-refractivity contribution is -0.129. The van der Waals surface area contributed by atoms with E-state index in [4.69, 9.17) is 9.47 Å². The van der Waals surface area contributed by atoms with E-state index in [1.54, 1.807) is 0 Å². The summed E-state index contributed by atoms with van der Waals surface area (Å²) in [6.45, 7) is -6.07. The van der Waals surface area contributed by atoms with Gasteiger partial charge in [-0.15, -0.1) is 0 Å². The summed E-state index contributed by atoms with van der Waals surface area (Å²) in [6, 6.07) is 9.62. The molecule has 1 heterocycles. The number of carbonyl (C=O) groups is 1. The van der Waals surface area contributed by atoms with E-state index < -0.39 is 19.2 Å². The smallest absolute Gasteiger partial charge is 0.387 e. The van der Waals surface area contributed by atoms with Gasteiger partial charge in [-0.3, -0.25) is 0 Å². The van der Waals surface area contributed by atoms with Crippen LogP contribution in [0.5, 0.6) is 17.2 Å². The Morgan fingerprint density at radius 3 is 2.45 bits per heavy atom. The summed E-state index contributed by atoms with van der Waals surface area (Å²) in [6.07, 6.45) is 1.30. The highest BCUT2D eigenvalue weighted by atomic mass is 19.3. The van der Waals surface area contributed by atoms with Gasteiger partial charge < -0.3 is 18.9 Å². The van der Waals surface area contributed by atoms with Gasteiger partial charge in [0.2, 0.25) is 5.90 Å². The minimum atomic E-state index is -3.06. The van der Waals surface area contributed by atoms with E-state index >= 15 is 0 Å². The van der Waals surface area contributed by atoms with Crippen LogP contribution in [0.3, 0.4) is 0 Å². The SMILES string of the molecule is COc1ccc(/C=C2\N=C(c3cccc(OC(F)F)c3)OC2=O)cc1OC(F)F. The Labute approximate surface area is 162 Å².